The van der Waals surface area contributed by atoms with E-state index in [1.807, 2.05) is 0 Å². The number of benzene rings is 1. The number of amides is 2. The first-order chi connectivity index (χ1) is 19.6. The van der Waals surface area contributed by atoms with Crippen LogP contribution in [0.15, 0.2) is 18.2 Å². The van der Waals surface area contributed by atoms with Crippen LogP contribution in [-0.2, 0) is 33.4 Å². The van der Waals surface area contributed by atoms with Crippen molar-refractivity contribution in [2.45, 2.75) is 90.5 Å². The van der Waals surface area contributed by atoms with Gasteiger partial charge in [0, 0.05) is 19.2 Å². The van der Waals surface area contributed by atoms with Crippen LogP contribution in [0, 0.1) is 0 Å². The van der Waals surface area contributed by atoms with Gasteiger partial charge < -0.3 is 33.5 Å². The summed E-state index contributed by atoms with van der Waals surface area (Å²) < 4.78 is 27.1. The van der Waals surface area contributed by atoms with Crippen molar-refractivity contribution >= 4 is 29.7 Å². The third-order valence-corrected chi connectivity index (χ3v) is 6.53. The minimum absolute atomic E-state index is 0.0884. The summed E-state index contributed by atoms with van der Waals surface area (Å²) in [4.78, 5) is 66.3. The highest BCUT2D eigenvalue weighted by Gasteiger charge is 2.38. The number of nitrogens with zero attached hydrogens (tertiary/aromatic N) is 2. The fraction of sp³-hybridized carbons (Fsp3) is 0.633. The normalized spacial score (nSPS) is 18.8. The molecule has 0 radical (unpaired) electrons. The maximum Gasteiger partial charge on any atom is 0.338 e. The van der Waals surface area contributed by atoms with Gasteiger partial charge in [0.15, 0.2) is 13.2 Å². The van der Waals surface area contributed by atoms with Gasteiger partial charge in [-0.1, -0.05) is 0 Å². The van der Waals surface area contributed by atoms with Crippen LogP contribution in [0.3, 0.4) is 0 Å². The molecule has 0 aromatic heterocycles. The fourth-order valence-electron chi connectivity index (χ4n) is 4.79. The van der Waals surface area contributed by atoms with E-state index in [0.29, 0.717) is 38.8 Å². The molecule has 2 atom stereocenters. The Hall–Kier alpha value is -3.83. The number of esters is 3. The predicted molar refractivity (Wildman–Crippen MR) is 150 cm³/mol. The van der Waals surface area contributed by atoms with E-state index >= 15 is 0 Å². The van der Waals surface area contributed by atoms with Crippen molar-refractivity contribution in [3.8, 4) is 11.5 Å². The van der Waals surface area contributed by atoms with Crippen molar-refractivity contribution in [3.63, 3.8) is 0 Å². The monoisotopic (exact) mass is 590 g/mol. The lowest BCUT2D eigenvalue weighted by Crippen LogP contribution is -2.45. The van der Waals surface area contributed by atoms with E-state index in [4.69, 9.17) is 23.7 Å². The fourth-order valence-corrected chi connectivity index (χ4v) is 4.79. The highest BCUT2D eigenvalue weighted by Crippen LogP contribution is 2.26. The van der Waals surface area contributed by atoms with Gasteiger partial charge >= 0.3 is 17.9 Å². The third-order valence-electron chi connectivity index (χ3n) is 6.53. The summed E-state index contributed by atoms with van der Waals surface area (Å²) in [7, 11) is 1.22. The number of carbonyl (C=O) groups is 5. The maximum atomic E-state index is 13.0. The van der Waals surface area contributed by atoms with Crippen LogP contribution in [-0.4, -0.2) is 96.2 Å². The summed E-state index contributed by atoms with van der Waals surface area (Å²) in [6.45, 7) is 10.6. The van der Waals surface area contributed by atoms with Gasteiger partial charge in [-0.05, 0) is 79.4 Å². The van der Waals surface area contributed by atoms with Crippen LogP contribution < -0.4 is 9.47 Å². The lowest BCUT2D eigenvalue weighted by atomic mass is 10.1. The van der Waals surface area contributed by atoms with E-state index < -0.39 is 66.2 Å². The Kier molecular flexibility index (Phi) is 10.5. The lowest BCUT2D eigenvalue weighted by molar-refractivity contribution is -0.164. The largest absolute Gasteiger partial charge is 0.484 e. The van der Waals surface area contributed by atoms with E-state index in [9.17, 15) is 24.0 Å². The molecular formula is C30H42N2O10. The van der Waals surface area contributed by atoms with Gasteiger partial charge in [0.05, 0.1) is 12.7 Å². The molecule has 1 aromatic carbocycles. The molecule has 12 nitrogen and oxygen atoms in total. The van der Waals surface area contributed by atoms with Crippen LogP contribution >= 0.6 is 0 Å². The molecule has 232 valence electrons. The van der Waals surface area contributed by atoms with Crippen LogP contribution in [0.1, 0.15) is 77.6 Å². The Labute approximate surface area is 246 Å². The van der Waals surface area contributed by atoms with Gasteiger partial charge in [-0.15, -0.1) is 0 Å². The van der Waals surface area contributed by atoms with Crippen molar-refractivity contribution in [2.24, 2.45) is 0 Å². The van der Waals surface area contributed by atoms with Crippen molar-refractivity contribution in [1.82, 2.24) is 9.80 Å². The van der Waals surface area contributed by atoms with Crippen molar-refractivity contribution in [1.29, 1.82) is 0 Å². The number of carbonyl (C=O) groups excluding carboxylic acids is 5. The average molecular weight is 591 g/mol. The number of methoxy groups -OCH3 is 1. The topological polar surface area (TPSA) is 138 Å². The number of rotatable bonds is 9. The Morgan fingerprint density at radius 3 is 1.48 bits per heavy atom. The highest BCUT2D eigenvalue weighted by atomic mass is 16.6. The molecule has 0 aliphatic carbocycles. The summed E-state index contributed by atoms with van der Waals surface area (Å²) in [6.07, 6.45) is 2.31. The Morgan fingerprint density at radius 2 is 1.12 bits per heavy atom. The highest BCUT2D eigenvalue weighted by molar-refractivity contribution is 5.91. The number of hydrogen-bond acceptors (Lipinski definition) is 10. The molecule has 2 saturated heterocycles. The first kappa shape index (κ1) is 32.7. The summed E-state index contributed by atoms with van der Waals surface area (Å²) >= 11 is 0. The zero-order valence-corrected chi connectivity index (χ0v) is 25.5. The van der Waals surface area contributed by atoms with Gasteiger partial charge in [-0.2, -0.15) is 0 Å². The second-order valence-electron chi connectivity index (χ2n) is 12.3. The third kappa shape index (κ3) is 9.09. The molecular weight excluding hydrogens is 548 g/mol. The number of ether oxygens (including phenoxy) is 5. The molecule has 0 unspecified atom stereocenters. The van der Waals surface area contributed by atoms with E-state index in [1.165, 1.54) is 35.1 Å². The molecule has 0 spiro atoms. The maximum absolute atomic E-state index is 13.0. The zero-order chi connectivity index (χ0) is 31.2. The molecule has 0 N–H and O–H groups in total. The molecule has 2 fully saturated rings. The quantitative estimate of drug-likeness (QED) is 0.312. The standard InChI is InChI=1S/C30H42N2O10/c1-29(2,3)41-27(36)22-10-8-12-31(22)24(33)17-39-20-14-19(26(35)38-7)15-21(16-20)40-18-25(34)32-13-9-11-23(32)28(37)42-30(4,5)6/h14-16,22-23H,8-13,17-18H2,1-7H3/t22-,23-/m1/s1. The van der Waals surface area contributed by atoms with Crippen molar-refractivity contribution in [3.05, 3.63) is 23.8 Å². The van der Waals surface area contributed by atoms with Crippen LogP contribution in [0.4, 0.5) is 0 Å². The average Bonchev–Trinajstić information content (AvgIpc) is 3.58. The van der Waals surface area contributed by atoms with E-state index in [-0.39, 0.29) is 17.1 Å². The molecule has 0 saturated carbocycles. The predicted octanol–water partition coefficient (Wildman–Crippen LogP) is 2.90. The molecule has 42 heavy (non-hydrogen) atoms. The first-order valence-electron chi connectivity index (χ1n) is 14.1. The van der Waals surface area contributed by atoms with E-state index in [0.717, 1.165) is 0 Å². The van der Waals surface area contributed by atoms with Gasteiger partial charge in [-0.3, -0.25) is 9.59 Å². The molecule has 2 aliphatic heterocycles. The molecule has 2 aliphatic rings. The van der Waals surface area contributed by atoms with E-state index in [2.05, 4.69) is 0 Å². The summed E-state index contributed by atoms with van der Waals surface area (Å²) in [5, 5.41) is 0. The second kappa shape index (κ2) is 13.4. The van der Waals surface area contributed by atoms with E-state index in [1.54, 1.807) is 41.5 Å². The van der Waals surface area contributed by atoms with Crippen LogP contribution in [0.2, 0.25) is 0 Å². The van der Waals surface area contributed by atoms with Crippen molar-refractivity contribution in [2.75, 3.05) is 33.4 Å². The molecule has 12 heteroatoms. The Balaban J connectivity index is 1.66. The zero-order valence-electron chi connectivity index (χ0n) is 25.5. The number of hydrogen-bond donors (Lipinski definition) is 0. The smallest absolute Gasteiger partial charge is 0.338 e. The molecule has 2 heterocycles. The minimum atomic E-state index is -0.693. The molecule has 1 aromatic rings. The first-order valence-corrected chi connectivity index (χ1v) is 14.1. The van der Waals surface area contributed by atoms with Gasteiger partial charge in [0.25, 0.3) is 11.8 Å². The minimum Gasteiger partial charge on any atom is -0.484 e. The SMILES string of the molecule is COC(=O)c1cc(OCC(=O)N2CCC[C@@H]2C(=O)OC(C)(C)C)cc(OCC(=O)N2CCC[C@@H]2C(=O)OC(C)(C)C)c1. The summed E-state index contributed by atoms with van der Waals surface area (Å²) in [5.41, 5.74) is -1.27. The lowest BCUT2D eigenvalue weighted by Gasteiger charge is -2.27. The van der Waals surface area contributed by atoms with Gasteiger partial charge in [0.2, 0.25) is 0 Å². The van der Waals surface area contributed by atoms with Crippen LogP contribution in [0.25, 0.3) is 0 Å². The number of likely N-dealkylation sites (tertiary alicyclic amines) is 2. The molecule has 3 rings (SSSR count). The second-order valence-corrected chi connectivity index (χ2v) is 12.3. The van der Waals surface area contributed by atoms with Crippen molar-refractivity contribution < 1.29 is 47.7 Å². The molecule has 0 bridgehead atoms. The molecule has 2 amide bonds. The summed E-state index contributed by atoms with van der Waals surface area (Å²) in [6, 6.07) is 2.84. The van der Waals surface area contributed by atoms with Gasteiger partial charge in [-0.25, -0.2) is 14.4 Å². The summed E-state index contributed by atoms with van der Waals surface area (Å²) in [5.74, 6) is -2.15. The van der Waals surface area contributed by atoms with Gasteiger partial charge in [0.1, 0.15) is 34.8 Å². The van der Waals surface area contributed by atoms with Crippen LogP contribution in [0.5, 0.6) is 11.5 Å². The Bertz CT molecular complexity index is 1100. The Morgan fingerprint density at radius 1 is 0.714 bits per heavy atom.